The molecule has 0 aliphatic rings. The fraction of sp³-hybridized carbons (Fsp3) is 0.884. The highest BCUT2D eigenvalue weighted by atomic mass is 31.2. The number of amides is 1. The Morgan fingerprint density at radius 3 is 1.08 bits per heavy atom. The first-order valence-corrected chi connectivity index (χ1v) is 35.8. The number of hydrogen-bond donors (Lipinski definition) is 1. The topological polar surface area (TPSA) is 114 Å². The smallest absolute Gasteiger partial charge is 0.306 e. The fourth-order valence-electron chi connectivity index (χ4n) is 10.2. The number of ether oxygens (including phenoxy) is 1. The summed E-state index contributed by atoms with van der Waals surface area (Å²) < 4.78 is 30.4. The molecule has 0 aromatic carbocycles. The minimum Gasteiger partial charge on any atom is -0.756 e. The summed E-state index contributed by atoms with van der Waals surface area (Å²) in [5, 5.41) is 3.04. The zero-order valence-corrected chi connectivity index (χ0v) is 54.2. The van der Waals surface area contributed by atoms with Gasteiger partial charge in [0.15, 0.2) is 0 Å². The van der Waals surface area contributed by atoms with Gasteiger partial charge in [0.2, 0.25) is 5.91 Å². The maximum Gasteiger partial charge on any atom is 0.306 e. The molecule has 3 unspecified atom stereocenters. The molecule has 79 heavy (non-hydrogen) atoms. The van der Waals surface area contributed by atoms with Crippen LogP contribution in [0, 0.1) is 0 Å². The molecule has 0 radical (unpaired) electrons. The molecule has 0 aliphatic heterocycles. The zero-order chi connectivity index (χ0) is 57.9. The largest absolute Gasteiger partial charge is 0.756 e. The van der Waals surface area contributed by atoms with E-state index in [4.69, 9.17) is 13.8 Å². The summed E-state index contributed by atoms with van der Waals surface area (Å²) in [7, 11) is 1.20. The van der Waals surface area contributed by atoms with E-state index < -0.39 is 20.0 Å². The average molecular weight is 1130 g/mol. The maximum absolute atomic E-state index is 13.6. The predicted octanol–water partition coefficient (Wildman–Crippen LogP) is 20.8. The van der Waals surface area contributed by atoms with Crippen LogP contribution in [0.4, 0.5) is 0 Å². The Hall–Kier alpha value is -1.77. The summed E-state index contributed by atoms with van der Waals surface area (Å²) in [5.41, 5.74) is 0. The molecule has 0 aromatic rings. The molecule has 3 atom stereocenters. The number of quaternary nitrogens is 1. The Balaban J connectivity index is 5.07. The second-order valence-corrected chi connectivity index (χ2v) is 26.1. The highest BCUT2D eigenvalue weighted by Gasteiger charge is 2.27. The van der Waals surface area contributed by atoms with Gasteiger partial charge in [-0.05, 0) is 83.1 Å². The van der Waals surface area contributed by atoms with Crippen molar-refractivity contribution >= 4 is 19.7 Å². The number of carbonyl (C=O) groups excluding carboxylic acids is 2. The standard InChI is InChI=1S/C69H133N2O7P/c1-7-10-13-16-19-22-25-27-29-31-33-35-37-39-41-43-46-49-52-55-58-61-68(72)70-66(65-77-79(74,75)76-64-63-71(4,5)6)67(60-57-54-51-48-45-24-21-18-15-12-9-3)78-69(73)62-59-56-53-50-47-44-42-40-38-36-34-32-30-28-26-23-20-17-14-11-8-2/h27-30,57,60,66-67H,7-26,31-56,58-59,61-65H2,1-6H3,(H-,70,72,74,75)/b29-27+,30-28+,60-57+. The van der Waals surface area contributed by atoms with Gasteiger partial charge in [0.05, 0.1) is 33.8 Å². The lowest BCUT2D eigenvalue weighted by molar-refractivity contribution is -0.870. The molecule has 0 heterocycles. The first kappa shape index (κ1) is 77.2. The third kappa shape index (κ3) is 60.6. The van der Waals surface area contributed by atoms with Gasteiger partial charge in [-0.15, -0.1) is 0 Å². The molecule has 0 spiro atoms. The van der Waals surface area contributed by atoms with Crippen LogP contribution in [0.2, 0.25) is 0 Å². The Morgan fingerprint density at radius 2 is 0.734 bits per heavy atom. The molecule has 0 aliphatic carbocycles. The van der Waals surface area contributed by atoms with Crippen LogP contribution in [0.25, 0.3) is 0 Å². The number of carbonyl (C=O) groups is 2. The lowest BCUT2D eigenvalue weighted by Gasteiger charge is -2.30. The summed E-state index contributed by atoms with van der Waals surface area (Å²) in [6, 6.07) is -0.886. The maximum atomic E-state index is 13.6. The van der Waals surface area contributed by atoms with Crippen LogP contribution < -0.4 is 10.2 Å². The number of phosphoric acid groups is 1. The van der Waals surface area contributed by atoms with Crippen molar-refractivity contribution in [1.29, 1.82) is 0 Å². The summed E-state index contributed by atoms with van der Waals surface area (Å²) >= 11 is 0. The van der Waals surface area contributed by atoms with E-state index in [2.05, 4.69) is 50.4 Å². The lowest BCUT2D eigenvalue weighted by atomic mass is 10.0. The van der Waals surface area contributed by atoms with Crippen LogP contribution in [-0.2, 0) is 27.9 Å². The molecule has 0 saturated carbocycles. The van der Waals surface area contributed by atoms with Gasteiger partial charge in [-0.2, -0.15) is 0 Å². The van der Waals surface area contributed by atoms with Gasteiger partial charge in [-0.25, -0.2) is 0 Å². The van der Waals surface area contributed by atoms with Gasteiger partial charge in [0.25, 0.3) is 7.82 Å². The van der Waals surface area contributed by atoms with Crippen molar-refractivity contribution in [1.82, 2.24) is 5.32 Å². The third-order valence-electron chi connectivity index (χ3n) is 15.5. The van der Waals surface area contributed by atoms with Crippen molar-refractivity contribution in [2.45, 2.75) is 354 Å². The summed E-state index contributed by atoms with van der Waals surface area (Å²) in [6.07, 6.45) is 72.6. The van der Waals surface area contributed by atoms with Gasteiger partial charge < -0.3 is 28.5 Å². The summed E-state index contributed by atoms with van der Waals surface area (Å²) in [5.74, 6) is -0.528. The quantitative estimate of drug-likeness (QED) is 0.0212. The van der Waals surface area contributed by atoms with Gasteiger partial charge in [0, 0.05) is 12.8 Å². The average Bonchev–Trinajstić information content (AvgIpc) is 3.41. The van der Waals surface area contributed by atoms with Gasteiger partial charge >= 0.3 is 5.97 Å². The third-order valence-corrected chi connectivity index (χ3v) is 16.5. The fourth-order valence-corrected chi connectivity index (χ4v) is 10.9. The Labute approximate surface area is 491 Å². The number of phosphoric ester groups is 1. The van der Waals surface area contributed by atoms with Crippen LogP contribution in [-0.4, -0.2) is 69.4 Å². The van der Waals surface area contributed by atoms with Crippen molar-refractivity contribution in [3.8, 4) is 0 Å². The number of nitrogens with zero attached hydrogens (tertiary/aromatic N) is 1. The number of esters is 1. The molecule has 466 valence electrons. The molecule has 0 fully saturated rings. The monoisotopic (exact) mass is 1130 g/mol. The van der Waals surface area contributed by atoms with Gasteiger partial charge in [-0.1, -0.05) is 282 Å². The number of allylic oxidation sites excluding steroid dienone is 5. The van der Waals surface area contributed by atoms with E-state index >= 15 is 0 Å². The van der Waals surface area contributed by atoms with Crippen LogP contribution in [0.15, 0.2) is 36.5 Å². The van der Waals surface area contributed by atoms with Crippen molar-refractivity contribution < 1.29 is 37.3 Å². The van der Waals surface area contributed by atoms with E-state index in [0.717, 1.165) is 57.8 Å². The van der Waals surface area contributed by atoms with Crippen molar-refractivity contribution in [2.75, 3.05) is 40.9 Å². The number of rotatable bonds is 63. The first-order chi connectivity index (χ1) is 38.4. The predicted molar refractivity (Wildman–Crippen MR) is 340 cm³/mol. The summed E-state index contributed by atoms with van der Waals surface area (Å²) in [6.45, 7) is 6.88. The van der Waals surface area contributed by atoms with Crippen molar-refractivity contribution in [3.05, 3.63) is 36.5 Å². The second-order valence-electron chi connectivity index (χ2n) is 24.7. The van der Waals surface area contributed by atoms with Crippen LogP contribution in [0.3, 0.4) is 0 Å². The number of unbranched alkanes of at least 4 members (excludes halogenated alkanes) is 43. The van der Waals surface area contributed by atoms with Gasteiger partial charge in [0.1, 0.15) is 19.3 Å². The zero-order valence-electron chi connectivity index (χ0n) is 53.3. The normalized spacial score (nSPS) is 13.8. The van der Waals surface area contributed by atoms with E-state index in [1.54, 1.807) is 0 Å². The van der Waals surface area contributed by atoms with E-state index in [0.29, 0.717) is 17.4 Å². The van der Waals surface area contributed by atoms with E-state index in [-0.39, 0.29) is 31.5 Å². The second kappa shape index (κ2) is 59.4. The first-order valence-electron chi connectivity index (χ1n) is 34.3. The van der Waals surface area contributed by atoms with E-state index in [1.165, 1.54) is 250 Å². The summed E-state index contributed by atoms with van der Waals surface area (Å²) in [4.78, 5) is 40.1. The SMILES string of the molecule is CCCCCCCC/C=C/CCCCCCCCCCCCCC(=O)NC(COP(=O)([O-])OCC[N+](C)(C)C)C(/C=C/CCCCCCCCCCC)OC(=O)CCCCCCCCCCCCC/C=C/CCCCCCCC. The minimum absolute atomic E-state index is 0.0203. The number of likely N-dealkylation sites (N-methyl/N-ethyl adjacent to an activating group) is 1. The molecule has 9 nitrogen and oxygen atoms in total. The molecule has 0 aromatic heterocycles. The molecule has 0 rings (SSSR count). The number of nitrogens with one attached hydrogen (secondary N) is 1. The number of hydrogen-bond acceptors (Lipinski definition) is 7. The van der Waals surface area contributed by atoms with Crippen LogP contribution >= 0.6 is 7.82 Å². The highest BCUT2D eigenvalue weighted by molar-refractivity contribution is 7.45. The Bertz CT molecular complexity index is 1450. The molecule has 0 saturated heterocycles. The van der Waals surface area contributed by atoms with Gasteiger partial charge in [-0.3, -0.25) is 14.2 Å². The lowest BCUT2D eigenvalue weighted by Crippen LogP contribution is -2.47. The van der Waals surface area contributed by atoms with Crippen LogP contribution in [0.5, 0.6) is 0 Å². The molecular formula is C69H133N2O7P. The highest BCUT2D eigenvalue weighted by Crippen LogP contribution is 2.38. The van der Waals surface area contributed by atoms with Crippen molar-refractivity contribution in [3.63, 3.8) is 0 Å². The molecule has 1 amide bonds. The molecule has 10 heteroatoms. The molecule has 0 bridgehead atoms. The van der Waals surface area contributed by atoms with E-state index in [1.807, 2.05) is 33.3 Å². The minimum atomic E-state index is -4.70. The van der Waals surface area contributed by atoms with E-state index in [9.17, 15) is 19.0 Å². The van der Waals surface area contributed by atoms with Crippen molar-refractivity contribution in [2.24, 2.45) is 0 Å². The van der Waals surface area contributed by atoms with Crippen LogP contribution in [0.1, 0.15) is 342 Å². The Kier molecular flexibility index (Phi) is 58.1. The Morgan fingerprint density at radius 1 is 0.430 bits per heavy atom. The molecule has 1 N–H and O–H groups in total. The molecular weight excluding hydrogens is 1000 g/mol.